The first-order valence-electron chi connectivity index (χ1n) is 3.79. The third-order valence-corrected chi connectivity index (χ3v) is 5.71. The number of halogens is 1. The van der Waals surface area contributed by atoms with Crippen LogP contribution in [-0.4, -0.2) is 14.8 Å². The minimum Gasteiger partial charge on any atom is -0.373 e. The molecule has 2 nitrogen and oxygen atoms in total. The van der Waals surface area contributed by atoms with E-state index in [-0.39, 0.29) is 18.7 Å². The van der Waals surface area contributed by atoms with Gasteiger partial charge in [0.25, 0.3) is 0 Å². The number of rotatable bonds is 5. The van der Waals surface area contributed by atoms with Crippen molar-refractivity contribution >= 4 is 43.6 Å². The summed E-state index contributed by atoms with van der Waals surface area (Å²) in [5, 5.41) is -0.0806. The lowest BCUT2D eigenvalue weighted by molar-refractivity contribution is 0.448. The number of hydrogen-bond acceptors (Lipinski definition) is 3. The van der Waals surface area contributed by atoms with Crippen molar-refractivity contribution in [2.45, 2.75) is 37.6 Å². The zero-order valence-corrected chi connectivity index (χ0v) is 11.8. The highest BCUT2D eigenvalue weighted by Gasteiger charge is 2.27. The van der Waals surface area contributed by atoms with Gasteiger partial charge in [-0.25, -0.2) is 0 Å². The van der Waals surface area contributed by atoms with Crippen molar-refractivity contribution < 1.29 is 7.96 Å². The van der Waals surface area contributed by atoms with Crippen LogP contribution < -0.4 is 0 Å². The highest BCUT2D eigenvalue weighted by atomic mass is 127. The standard InChI is InChI=1S/C7H16IO2PS/c1-5(2)7(3,4)12-6(10-8)11-9/h5-6,9,11H,1-4H3. The molecule has 0 saturated carbocycles. The van der Waals surface area contributed by atoms with Crippen LogP contribution in [0.5, 0.6) is 0 Å². The van der Waals surface area contributed by atoms with Gasteiger partial charge in [-0.2, -0.15) is 0 Å². The fourth-order valence-electron chi connectivity index (χ4n) is 0.476. The van der Waals surface area contributed by atoms with Gasteiger partial charge in [0.1, 0.15) is 23.0 Å². The summed E-state index contributed by atoms with van der Waals surface area (Å²) in [6, 6.07) is 0. The largest absolute Gasteiger partial charge is 0.373 e. The Balaban J connectivity index is 4.02. The van der Waals surface area contributed by atoms with Gasteiger partial charge in [0.05, 0.1) is 8.81 Å². The van der Waals surface area contributed by atoms with E-state index in [1.807, 2.05) is 23.0 Å². The lowest BCUT2D eigenvalue weighted by Crippen LogP contribution is -2.25. The summed E-state index contributed by atoms with van der Waals surface area (Å²) in [5.74, 6) is 0.577. The van der Waals surface area contributed by atoms with Crippen molar-refractivity contribution in [1.82, 2.24) is 0 Å². The van der Waals surface area contributed by atoms with E-state index in [9.17, 15) is 0 Å². The van der Waals surface area contributed by atoms with Gasteiger partial charge in [-0.05, 0) is 5.92 Å². The summed E-state index contributed by atoms with van der Waals surface area (Å²) >= 11 is 3.53. The summed E-state index contributed by atoms with van der Waals surface area (Å²) in [6.07, 6.45) is 0. The molecule has 0 saturated heterocycles. The molecule has 12 heavy (non-hydrogen) atoms. The van der Waals surface area contributed by atoms with E-state index in [0.29, 0.717) is 5.92 Å². The molecule has 0 aliphatic carbocycles. The van der Waals surface area contributed by atoms with Crippen LogP contribution in [0.2, 0.25) is 0 Å². The molecule has 0 aromatic carbocycles. The molecule has 0 aliphatic rings. The van der Waals surface area contributed by atoms with E-state index in [0.717, 1.165) is 0 Å². The Labute approximate surface area is 94.8 Å². The van der Waals surface area contributed by atoms with Gasteiger partial charge in [-0.3, -0.25) is 3.07 Å². The van der Waals surface area contributed by atoms with Gasteiger partial charge < -0.3 is 4.89 Å². The summed E-state index contributed by atoms with van der Waals surface area (Å²) in [4.78, 5) is 8.95. The predicted octanol–water partition coefficient (Wildman–Crippen LogP) is 3.39. The highest BCUT2D eigenvalue weighted by molar-refractivity contribution is 14.1. The maximum absolute atomic E-state index is 8.95. The normalized spacial score (nSPS) is 16.2. The van der Waals surface area contributed by atoms with Crippen LogP contribution in [0.4, 0.5) is 0 Å². The molecular formula is C7H16IO2PS. The van der Waals surface area contributed by atoms with E-state index < -0.39 is 0 Å². The first-order valence-corrected chi connectivity index (χ1v) is 6.57. The maximum Gasteiger partial charge on any atom is 0.156 e. The molecule has 0 rings (SSSR count). The number of hydrogen-bond donors (Lipinski definition) is 1. The molecule has 0 aromatic rings. The molecule has 0 aromatic heterocycles. The summed E-state index contributed by atoms with van der Waals surface area (Å²) in [6.45, 7) is 8.70. The van der Waals surface area contributed by atoms with Gasteiger partial charge in [-0.1, -0.05) is 27.7 Å². The molecule has 0 aliphatic heterocycles. The monoisotopic (exact) mass is 322 g/mol. The summed E-state index contributed by atoms with van der Waals surface area (Å²) < 4.78 is 5.24. The molecule has 1 N–H and O–H groups in total. The zero-order chi connectivity index (χ0) is 9.78. The fraction of sp³-hybridized carbons (Fsp3) is 1.00. The fourth-order valence-corrected chi connectivity index (χ4v) is 3.15. The van der Waals surface area contributed by atoms with E-state index in [1.54, 1.807) is 11.8 Å². The second-order valence-electron chi connectivity index (χ2n) is 3.43. The topological polar surface area (TPSA) is 29.5 Å². The predicted molar refractivity (Wildman–Crippen MR) is 65.9 cm³/mol. The molecule has 0 bridgehead atoms. The molecule has 2 unspecified atom stereocenters. The van der Waals surface area contributed by atoms with Crippen molar-refractivity contribution in [2.24, 2.45) is 5.92 Å². The van der Waals surface area contributed by atoms with Crippen molar-refractivity contribution in [3.63, 3.8) is 0 Å². The van der Waals surface area contributed by atoms with Gasteiger partial charge in [0.2, 0.25) is 0 Å². The third-order valence-electron chi connectivity index (χ3n) is 1.99. The van der Waals surface area contributed by atoms with E-state index in [1.165, 1.54) is 0 Å². The molecule has 74 valence electrons. The first kappa shape index (κ1) is 13.4. The van der Waals surface area contributed by atoms with Crippen LogP contribution in [0.3, 0.4) is 0 Å². The first-order chi connectivity index (χ1) is 5.44. The second kappa shape index (κ2) is 6.02. The van der Waals surface area contributed by atoms with Gasteiger partial charge >= 0.3 is 0 Å². The molecule has 0 radical (unpaired) electrons. The van der Waals surface area contributed by atoms with Gasteiger partial charge in [0, 0.05) is 4.75 Å². The molecule has 0 fully saturated rings. The molecule has 2 atom stereocenters. The molecule has 5 heteroatoms. The van der Waals surface area contributed by atoms with Crippen molar-refractivity contribution in [3.05, 3.63) is 0 Å². The Hall–Kier alpha value is 1.43. The Morgan fingerprint density at radius 2 is 2.00 bits per heavy atom. The molecule has 0 spiro atoms. The Morgan fingerprint density at radius 3 is 2.25 bits per heavy atom. The average Bonchev–Trinajstić information content (AvgIpc) is 2.00. The summed E-state index contributed by atoms with van der Waals surface area (Å²) in [7, 11) is -0.152. The maximum atomic E-state index is 8.95. The third kappa shape index (κ3) is 4.61. The molecular weight excluding hydrogens is 306 g/mol. The SMILES string of the molecule is CC(C)C(C)(C)SC(OI)PO. The lowest BCUT2D eigenvalue weighted by atomic mass is 10.00. The van der Waals surface area contributed by atoms with E-state index in [4.69, 9.17) is 7.96 Å². The average molecular weight is 322 g/mol. The lowest BCUT2D eigenvalue weighted by Gasteiger charge is -2.30. The smallest absolute Gasteiger partial charge is 0.156 e. The minimum absolute atomic E-state index is 0.0806. The summed E-state index contributed by atoms with van der Waals surface area (Å²) in [5.41, 5.74) is 0. The van der Waals surface area contributed by atoms with E-state index in [2.05, 4.69) is 27.7 Å². The van der Waals surface area contributed by atoms with Gasteiger partial charge in [0.15, 0.2) is 5.18 Å². The Kier molecular flexibility index (Phi) is 6.73. The Bertz CT molecular complexity index is 129. The van der Waals surface area contributed by atoms with Gasteiger partial charge in [-0.15, -0.1) is 11.8 Å². The van der Waals surface area contributed by atoms with Crippen LogP contribution in [0.1, 0.15) is 27.7 Å². The van der Waals surface area contributed by atoms with Crippen LogP contribution in [0.15, 0.2) is 0 Å². The van der Waals surface area contributed by atoms with Crippen LogP contribution in [-0.2, 0) is 3.07 Å². The van der Waals surface area contributed by atoms with Crippen molar-refractivity contribution in [1.29, 1.82) is 0 Å². The highest BCUT2D eigenvalue weighted by Crippen LogP contribution is 2.41. The van der Waals surface area contributed by atoms with Crippen LogP contribution in [0, 0.1) is 5.92 Å². The van der Waals surface area contributed by atoms with Crippen molar-refractivity contribution in [3.8, 4) is 0 Å². The van der Waals surface area contributed by atoms with Crippen LogP contribution >= 0.6 is 43.6 Å². The zero-order valence-electron chi connectivity index (χ0n) is 7.80. The van der Waals surface area contributed by atoms with Crippen LogP contribution in [0.25, 0.3) is 0 Å². The quantitative estimate of drug-likeness (QED) is 0.478. The number of thioether (sulfide) groups is 1. The van der Waals surface area contributed by atoms with Crippen molar-refractivity contribution in [2.75, 3.05) is 0 Å². The minimum atomic E-state index is -0.152. The Morgan fingerprint density at radius 1 is 1.50 bits per heavy atom. The second-order valence-corrected chi connectivity index (χ2v) is 6.85. The molecule has 0 heterocycles. The molecule has 0 amide bonds. The van der Waals surface area contributed by atoms with E-state index >= 15 is 0 Å².